The minimum atomic E-state index is -0.330. The maximum atomic E-state index is 12.2. The lowest BCUT2D eigenvalue weighted by Gasteiger charge is -2.03. The first-order valence-corrected chi connectivity index (χ1v) is 9.63. The Morgan fingerprint density at radius 1 is 1.14 bits per heavy atom. The SMILES string of the molecule is COc1cccc(C(=O)N/N=C\c2ccc(Sc3cccc4cccnc34)o2)c1. The molecular formula is C22H17N3O3S. The highest BCUT2D eigenvalue weighted by molar-refractivity contribution is 7.99. The highest BCUT2D eigenvalue weighted by Crippen LogP contribution is 2.33. The van der Waals surface area contributed by atoms with Gasteiger partial charge in [0.25, 0.3) is 5.91 Å². The lowest BCUT2D eigenvalue weighted by molar-refractivity contribution is 0.0954. The van der Waals surface area contributed by atoms with Gasteiger partial charge in [0.2, 0.25) is 0 Å². The highest BCUT2D eigenvalue weighted by atomic mass is 32.2. The van der Waals surface area contributed by atoms with Crippen LogP contribution in [0.4, 0.5) is 0 Å². The number of pyridine rings is 1. The molecule has 6 nitrogen and oxygen atoms in total. The number of nitrogens with zero attached hydrogens (tertiary/aromatic N) is 2. The number of hydrogen-bond donors (Lipinski definition) is 1. The lowest BCUT2D eigenvalue weighted by Crippen LogP contribution is -2.17. The number of amides is 1. The molecule has 2 aromatic heterocycles. The maximum Gasteiger partial charge on any atom is 0.271 e. The Balaban J connectivity index is 1.42. The minimum absolute atomic E-state index is 0.330. The van der Waals surface area contributed by atoms with Crippen molar-refractivity contribution in [3.63, 3.8) is 0 Å². The van der Waals surface area contributed by atoms with Crippen LogP contribution in [0.25, 0.3) is 10.9 Å². The smallest absolute Gasteiger partial charge is 0.271 e. The van der Waals surface area contributed by atoms with Gasteiger partial charge < -0.3 is 9.15 Å². The zero-order chi connectivity index (χ0) is 20.1. The van der Waals surface area contributed by atoms with Crippen LogP contribution >= 0.6 is 11.8 Å². The number of carbonyl (C=O) groups is 1. The van der Waals surface area contributed by atoms with Crippen LogP contribution in [0, 0.1) is 0 Å². The third-order valence-corrected chi connectivity index (χ3v) is 5.07. The van der Waals surface area contributed by atoms with Gasteiger partial charge in [-0.15, -0.1) is 0 Å². The predicted octanol–water partition coefficient (Wildman–Crippen LogP) is 4.75. The van der Waals surface area contributed by atoms with Gasteiger partial charge in [-0.25, -0.2) is 5.43 Å². The molecule has 0 aliphatic rings. The van der Waals surface area contributed by atoms with Gasteiger partial charge in [-0.1, -0.05) is 24.3 Å². The van der Waals surface area contributed by atoms with Crippen LogP contribution in [0.2, 0.25) is 0 Å². The van der Waals surface area contributed by atoms with Gasteiger partial charge in [-0.2, -0.15) is 5.10 Å². The fraction of sp³-hybridized carbons (Fsp3) is 0.0455. The van der Waals surface area contributed by atoms with Gasteiger partial charge in [-0.05, 0) is 54.2 Å². The average Bonchev–Trinajstić information content (AvgIpc) is 3.21. The van der Waals surface area contributed by atoms with Crippen LogP contribution in [-0.4, -0.2) is 24.2 Å². The van der Waals surface area contributed by atoms with E-state index < -0.39 is 0 Å². The number of rotatable bonds is 6. The van der Waals surface area contributed by atoms with Crippen molar-refractivity contribution in [2.45, 2.75) is 9.99 Å². The summed E-state index contributed by atoms with van der Waals surface area (Å²) in [5, 5.41) is 5.75. The van der Waals surface area contributed by atoms with Crippen molar-refractivity contribution >= 4 is 34.8 Å². The maximum absolute atomic E-state index is 12.2. The van der Waals surface area contributed by atoms with Crippen molar-refractivity contribution in [2.75, 3.05) is 7.11 Å². The van der Waals surface area contributed by atoms with Gasteiger partial charge in [0.1, 0.15) is 11.5 Å². The van der Waals surface area contributed by atoms with Crippen LogP contribution in [-0.2, 0) is 0 Å². The number of ether oxygens (including phenoxy) is 1. The third-order valence-electron chi connectivity index (χ3n) is 4.10. The topological polar surface area (TPSA) is 76.7 Å². The van der Waals surface area contributed by atoms with E-state index in [1.165, 1.54) is 18.0 Å². The second-order valence-corrected chi connectivity index (χ2v) is 7.07. The van der Waals surface area contributed by atoms with E-state index in [0.717, 1.165) is 15.8 Å². The number of benzene rings is 2. The van der Waals surface area contributed by atoms with E-state index in [-0.39, 0.29) is 5.91 Å². The van der Waals surface area contributed by atoms with Crippen molar-refractivity contribution in [2.24, 2.45) is 5.10 Å². The molecule has 0 unspecified atom stereocenters. The molecule has 2 heterocycles. The zero-order valence-electron chi connectivity index (χ0n) is 15.5. The molecule has 0 spiro atoms. The Hall–Kier alpha value is -3.58. The van der Waals surface area contributed by atoms with Crippen molar-refractivity contribution in [1.82, 2.24) is 10.4 Å². The number of methoxy groups -OCH3 is 1. The summed E-state index contributed by atoms with van der Waals surface area (Å²) in [5.41, 5.74) is 3.87. The molecule has 0 radical (unpaired) electrons. The Labute approximate surface area is 171 Å². The largest absolute Gasteiger partial charge is 0.497 e. The van der Waals surface area contributed by atoms with Crippen molar-refractivity contribution in [3.8, 4) is 5.75 Å². The molecule has 0 aliphatic heterocycles. The molecule has 1 N–H and O–H groups in total. The van der Waals surface area contributed by atoms with Gasteiger partial charge in [0, 0.05) is 22.0 Å². The number of carbonyl (C=O) groups excluding carboxylic acids is 1. The molecular weight excluding hydrogens is 386 g/mol. The highest BCUT2D eigenvalue weighted by Gasteiger charge is 2.08. The summed E-state index contributed by atoms with van der Waals surface area (Å²) in [7, 11) is 1.55. The van der Waals surface area contributed by atoms with E-state index in [9.17, 15) is 4.79 Å². The summed E-state index contributed by atoms with van der Waals surface area (Å²) >= 11 is 1.49. The molecule has 29 heavy (non-hydrogen) atoms. The fourth-order valence-corrected chi connectivity index (χ4v) is 3.61. The predicted molar refractivity (Wildman–Crippen MR) is 113 cm³/mol. The van der Waals surface area contributed by atoms with Gasteiger partial charge in [-0.3, -0.25) is 9.78 Å². The normalized spacial score (nSPS) is 11.1. The standard InChI is InChI=1S/C22H17N3O3S/c1-27-17-8-2-6-16(13-17)22(26)25-24-14-18-10-11-20(28-18)29-19-9-3-5-15-7-4-12-23-21(15)19/h2-14H,1H3,(H,25,26)/b24-14-. The molecule has 0 bridgehead atoms. The molecule has 0 fully saturated rings. The number of para-hydroxylation sites is 1. The molecule has 7 heteroatoms. The van der Waals surface area contributed by atoms with E-state index in [4.69, 9.17) is 9.15 Å². The molecule has 4 rings (SSSR count). The van der Waals surface area contributed by atoms with E-state index in [2.05, 4.69) is 15.5 Å². The van der Waals surface area contributed by atoms with Crippen LogP contribution in [0.1, 0.15) is 16.1 Å². The van der Waals surface area contributed by atoms with Crippen molar-refractivity contribution in [1.29, 1.82) is 0 Å². The zero-order valence-corrected chi connectivity index (χ0v) is 16.3. The second kappa shape index (κ2) is 8.62. The number of hydrazone groups is 1. The summed E-state index contributed by atoms with van der Waals surface area (Å²) in [5.74, 6) is 0.812. The summed E-state index contributed by atoms with van der Waals surface area (Å²) in [6.45, 7) is 0. The monoisotopic (exact) mass is 403 g/mol. The molecule has 0 saturated carbocycles. The molecule has 2 aromatic carbocycles. The van der Waals surface area contributed by atoms with Crippen LogP contribution in [0.5, 0.6) is 5.75 Å². The molecule has 0 aliphatic carbocycles. The second-order valence-electron chi connectivity index (χ2n) is 6.02. The fourth-order valence-electron chi connectivity index (χ4n) is 2.71. The van der Waals surface area contributed by atoms with Crippen LogP contribution in [0.15, 0.2) is 92.4 Å². The van der Waals surface area contributed by atoms with E-state index >= 15 is 0 Å². The average molecular weight is 403 g/mol. The first kappa shape index (κ1) is 18.8. The van der Waals surface area contributed by atoms with Gasteiger partial charge in [0.15, 0.2) is 5.09 Å². The molecule has 0 saturated heterocycles. The third kappa shape index (κ3) is 4.47. The van der Waals surface area contributed by atoms with Crippen molar-refractivity contribution in [3.05, 3.63) is 84.3 Å². The lowest BCUT2D eigenvalue weighted by atomic mass is 10.2. The van der Waals surface area contributed by atoms with E-state index in [1.54, 1.807) is 43.6 Å². The number of nitrogens with one attached hydrogen (secondary N) is 1. The molecule has 0 atom stereocenters. The van der Waals surface area contributed by atoms with Crippen molar-refractivity contribution < 1.29 is 13.9 Å². The van der Waals surface area contributed by atoms with Crippen LogP contribution in [0.3, 0.4) is 0 Å². The Bertz CT molecular complexity index is 1180. The Morgan fingerprint density at radius 3 is 2.90 bits per heavy atom. The number of aromatic nitrogens is 1. The Morgan fingerprint density at radius 2 is 2.00 bits per heavy atom. The molecule has 1 amide bonds. The summed E-state index contributed by atoms with van der Waals surface area (Å²) in [4.78, 5) is 17.6. The van der Waals surface area contributed by atoms with Gasteiger partial charge in [0.05, 0.1) is 18.8 Å². The minimum Gasteiger partial charge on any atom is -0.497 e. The van der Waals surface area contributed by atoms with Crippen LogP contribution < -0.4 is 10.2 Å². The quantitative estimate of drug-likeness (QED) is 0.371. The number of fused-ring (bicyclic) bond motifs is 1. The van der Waals surface area contributed by atoms with E-state index in [0.29, 0.717) is 22.2 Å². The molecule has 4 aromatic rings. The first-order valence-electron chi connectivity index (χ1n) is 8.82. The van der Waals surface area contributed by atoms with E-state index in [1.807, 2.05) is 36.4 Å². The first-order chi connectivity index (χ1) is 14.2. The summed E-state index contributed by atoms with van der Waals surface area (Å²) in [6, 6.07) is 20.5. The summed E-state index contributed by atoms with van der Waals surface area (Å²) < 4.78 is 10.9. The number of hydrogen-bond acceptors (Lipinski definition) is 6. The van der Waals surface area contributed by atoms with Gasteiger partial charge >= 0.3 is 0 Å². The Kier molecular flexibility index (Phi) is 5.58. The molecule has 144 valence electrons. The summed E-state index contributed by atoms with van der Waals surface area (Å²) in [6.07, 6.45) is 3.24. The number of furan rings is 1.